The van der Waals surface area contributed by atoms with E-state index >= 15 is 0 Å². The van der Waals surface area contributed by atoms with Crippen LogP contribution in [0.3, 0.4) is 0 Å². The molecule has 0 radical (unpaired) electrons. The first-order chi connectivity index (χ1) is 12.1. The topological polar surface area (TPSA) is 54.0 Å². The molecule has 0 unspecified atom stereocenters. The van der Waals surface area contributed by atoms with Gasteiger partial charge in [0.05, 0.1) is 11.3 Å². The number of hydrogen-bond donors (Lipinski definition) is 2. The quantitative estimate of drug-likeness (QED) is 0.695. The molecule has 126 valence electrons. The van der Waals surface area contributed by atoms with Crippen molar-refractivity contribution >= 4 is 28.9 Å². The summed E-state index contributed by atoms with van der Waals surface area (Å²) < 4.78 is 12.9. The Hall–Kier alpha value is -2.92. The van der Waals surface area contributed by atoms with Gasteiger partial charge in [0.1, 0.15) is 5.82 Å². The fraction of sp³-hybridized carbons (Fsp3) is 0.0526. The number of carbonyl (C=O) groups is 1. The minimum absolute atomic E-state index is 0.273. The third-order valence-corrected chi connectivity index (χ3v) is 3.73. The molecular weight excluding hydrogens is 341 g/mol. The second kappa shape index (κ2) is 7.77. The fourth-order valence-electron chi connectivity index (χ4n) is 2.24. The molecule has 0 atom stereocenters. The van der Waals surface area contributed by atoms with E-state index in [1.165, 1.54) is 18.3 Å². The molecule has 0 saturated carbocycles. The number of pyridine rings is 1. The second-order valence-corrected chi connectivity index (χ2v) is 5.84. The summed E-state index contributed by atoms with van der Waals surface area (Å²) in [6.07, 6.45) is 3.11. The summed E-state index contributed by atoms with van der Waals surface area (Å²) in [5, 5.41) is 6.48. The van der Waals surface area contributed by atoms with Crippen molar-refractivity contribution in [1.82, 2.24) is 4.98 Å². The number of nitrogens with one attached hydrogen (secondary N) is 2. The number of nitrogens with zero attached hydrogens (tertiary/aromatic N) is 1. The zero-order valence-electron chi connectivity index (χ0n) is 13.2. The van der Waals surface area contributed by atoms with Crippen LogP contribution < -0.4 is 10.6 Å². The third-order valence-electron chi connectivity index (χ3n) is 3.49. The van der Waals surface area contributed by atoms with E-state index in [1.54, 1.807) is 48.7 Å². The normalized spacial score (nSPS) is 10.3. The van der Waals surface area contributed by atoms with Crippen LogP contribution in [0, 0.1) is 5.82 Å². The Morgan fingerprint density at radius 2 is 1.84 bits per heavy atom. The van der Waals surface area contributed by atoms with Crippen LogP contribution >= 0.6 is 11.6 Å². The summed E-state index contributed by atoms with van der Waals surface area (Å²) in [7, 11) is 0. The van der Waals surface area contributed by atoms with Crippen molar-refractivity contribution in [2.24, 2.45) is 0 Å². The van der Waals surface area contributed by atoms with Gasteiger partial charge in [0.2, 0.25) is 0 Å². The van der Waals surface area contributed by atoms with Gasteiger partial charge in [0.15, 0.2) is 0 Å². The Morgan fingerprint density at radius 1 is 1.04 bits per heavy atom. The van der Waals surface area contributed by atoms with E-state index in [1.807, 2.05) is 0 Å². The van der Waals surface area contributed by atoms with Gasteiger partial charge < -0.3 is 10.6 Å². The number of anilines is 2. The van der Waals surface area contributed by atoms with Crippen molar-refractivity contribution in [2.75, 3.05) is 10.6 Å². The number of aromatic nitrogens is 1. The average Bonchev–Trinajstić information content (AvgIpc) is 2.61. The Morgan fingerprint density at radius 3 is 2.60 bits per heavy atom. The third kappa shape index (κ3) is 4.78. The first kappa shape index (κ1) is 16.9. The summed E-state index contributed by atoms with van der Waals surface area (Å²) >= 11 is 5.91. The smallest absolute Gasteiger partial charge is 0.257 e. The lowest BCUT2D eigenvalue weighted by atomic mass is 10.2. The van der Waals surface area contributed by atoms with E-state index in [-0.39, 0.29) is 11.7 Å². The highest BCUT2D eigenvalue weighted by Crippen LogP contribution is 2.17. The maximum absolute atomic E-state index is 12.9. The highest BCUT2D eigenvalue weighted by atomic mass is 35.5. The molecule has 3 rings (SSSR count). The molecule has 2 N–H and O–H groups in total. The summed E-state index contributed by atoms with van der Waals surface area (Å²) in [5.74, 6) is -0.551. The first-order valence-corrected chi connectivity index (χ1v) is 7.98. The van der Waals surface area contributed by atoms with Crippen LogP contribution in [-0.4, -0.2) is 10.9 Å². The van der Waals surface area contributed by atoms with Crippen LogP contribution in [0.25, 0.3) is 0 Å². The van der Waals surface area contributed by atoms with E-state index < -0.39 is 0 Å². The van der Waals surface area contributed by atoms with Gasteiger partial charge in [-0.25, -0.2) is 4.39 Å². The minimum Gasteiger partial charge on any atom is -0.380 e. The molecule has 2 aromatic carbocycles. The molecule has 0 aliphatic rings. The lowest BCUT2D eigenvalue weighted by molar-refractivity contribution is 0.102. The molecule has 1 amide bonds. The Kier molecular flexibility index (Phi) is 5.26. The molecule has 0 spiro atoms. The van der Waals surface area contributed by atoms with Crippen LogP contribution in [0.5, 0.6) is 0 Å². The predicted molar refractivity (Wildman–Crippen MR) is 97.4 cm³/mol. The average molecular weight is 356 g/mol. The molecule has 25 heavy (non-hydrogen) atoms. The SMILES string of the molecule is O=C(Nc1cccc(Cl)c1)c1cncc(NCc2ccc(F)cc2)c1. The summed E-state index contributed by atoms with van der Waals surface area (Å²) in [4.78, 5) is 16.4. The molecule has 1 heterocycles. The van der Waals surface area contributed by atoms with Gasteiger partial charge in [0, 0.05) is 29.6 Å². The largest absolute Gasteiger partial charge is 0.380 e. The van der Waals surface area contributed by atoms with Crippen molar-refractivity contribution in [3.63, 3.8) is 0 Å². The van der Waals surface area contributed by atoms with E-state index in [0.29, 0.717) is 28.5 Å². The molecular formula is C19H15ClFN3O. The first-order valence-electron chi connectivity index (χ1n) is 7.60. The van der Waals surface area contributed by atoms with E-state index in [2.05, 4.69) is 15.6 Å². The van der Waals surface area contributed by atoms with Gasteiger partial charge >= 0.3 is 0 Å². The van der Waals surface area contributed by atoms with Gasteiger partial charge in [-0.1, -0.05) is 29.8 Å². The molecule has 0 aliphatic carbocycles. The standard InChI is InChI=1S/C19H15ClFN3O/c20-15-2-1-3-17(9-15)24-19(25)14-8-18(12-22-11-14)23-10-13-4-6-16(21)7-5-13/h1-9,11-12,23H,10H2,(H,24,25). The zero-order valence-corrected chi connectivity index (χ0v) is 13.9. The fourth-order valence-corrected chi connectivity index (χ4v) is 2.43. The summed E-state index contributed by atoms with van der Waals surface area (Å²) in [5.41, 5.74) is 2.66. The number of halogens is 2. The van der Waals surface area contributed by atoms with Gasteiger partial charge in [-0.2, -0.15) is 0 Å². The molecule has 4 nitrogen and oxygen atoms in total. The predicted octanol–water partition coefficient (Wildman–Crippen LogP) is 4.74. The summed E-state index contributed by atoms with van der Waals surface area (Å²) in [6, 6.07) is 14.8. The van der Waals surface area contributed by atoms with Gasteiger partial charge in [-0.3, -0.25) is 9.78 Å². The molecule has 0 aliphatic heterocycles. The van der Waals surface area contributed by atoms with Crippen LogP contribution in [-0.2, 0) is 6.54 Å². The van der Waals surface area contributed by atoms with Crippen LogP contribution in [0.1, 0.15) is 15.9 Å². The number of amides is 1. The zero-order chi connectivity index (χ0) is 17.6. The van der Waals surface area contributed by atoms with E-state index in [4.69, 9.17) is 11.6 Å². The lowest BCUT2D eigenvalue weighted by Gasteiger charge is -2.09. The molecule has 6 heteroatoms. The maximum atomic E-state index is 12.9. The van der Waals surface area contributed by atoms with Crippen molar-refractivity contribution in [3.8, 4) is 0 Å². The van der Waals surface area contributed by atoms with Crippen molar-refractivity contribution < 1.29 is 9.18 Å². The van der Waals surface area contributed by atoms with Crippen molar-refractivity contribution in [2.45, 2.75) is 6.54 Å². The van der Waals surface area contributed by atoms with Gasteiger partial charge in [0.25, 0.3) is 5.91 Å². The van der Waals surface area contributed by atoms with Gasteiger partial charge in [-0.05, 0) is 42.0 Å². The summed E-state index contributed by atoms with van der Waals surface area (Å²) in [6.45, 7) is 0.501. The van der Waals surface area contributed by atoms with Crippen molar-refractivity contribution in [3.05, 3.63) is 89.0 Å². The minimum atomic E-state index is -0.278. The van der Waals surface area contributed by atoms with Crippen LogP contribution in [0.2, 0.25) is 5.02 Å². The molecule has 1 aromatic heterocycles. The van der Waals surface area contributed by atoms with Gasteiger partial charge in [-0.15, -0.1) is 0 Å². The maximum Gasteiger partial charge on any atom is 0.257 e. The molecule has 3 aromatic rings. The van der Waals surface area contributed by atoms with Crippen LogP contribution in [0.4, 0.5) is 15.8 Å². The Labute approximate surface area is 149 Å². The molecule has 0 fully saturated rings. The Bertz CT molecular complexity index is 884. The number of benzene rings is 2. The van der Waals surface area contributed by atoms with E-state index in [9.17, 15) is 9.18 Å². The highest BCUT2D eigenvalue weighted by molar-refractivity contribution is 6.30. The number of rotatable bonds is 5. The molecule has 0 bridgehead atoms. The van der Waals surface area contributed by atoms with Crippen molar-refractivity contribution in [1.29, 1.82) is 0 Å². The number of hydrogen-bond acceptors (Lipinski definition) is 3. The Balaban J connectivity index is 1.66. The monoisotopic (exact) mass is 355 g/mol. The lowest BCUT2D eigenvalue weighted by Crippen LogP contribution is -2.12. The van der Waals surface area contributed by atoms with E-state index in [0.717, 1.165) is 5.56 Å². The molecule has 0 saturated heterocycles. The van der Waals surface area contributed by atoms with Crippen LogP contribution in [0.15, 0.2) is 67.0 Å². The second-order valence-electron chi connectivity index (χ2n) is 5.41. The highest BCUT2D eigenvalue weighted by Gasteiger charge is 2.08. The number of carbonyl (C=O) groups excluding carboxylic acids is 1.